The van der Waals surface area contributed by atoms with Gasteiger partial charge in [0.15, 0.2) is 0 Å². The summed E-state index contributed by atoms with van der Waals surface area (Å²) in [7, 11) is -5.28. The summed E-state index contributed by atoms with van der Waals surface area (Å²) in [6, 6.07) is 3.88. The number of aliphatic hydroxyl groups is 1. The van der Waals surface area contributed by atoms with Crippen molar-refractivity contribution in [3.05, 3.63) is 29.8 Å². The normalized spacial score (nSPS) is 11.6. The van der Waals surface area contributed by atoms with Gasteiger partial charge < -0.3 is 5.11 Å². The van der Waals surface area contributed by atoms with E-state index in [2.05, 4.69) is 0 Å². The number of sulfone groups is 1. The number of hydrogen-bond donors (Lipinski definition) is 1. The molecule has 0 aliphatic rings. The second kappa shape index (κ2) is 6.02. The zero-order valence-electron chi connectivity index (χ0n) is 9.32. The van der Waals surface area contributed by atoms with Gasteiger partial charge in [-0.3, -0.25) is 0 Å². The van der Waals surface area contributed by atoms with Crippen LogP contribution in [-0.2, 0) is 16.4 Å². The van der Waals surface area contributed by atoms with Gasteiger partial charge in [-0.2, -0.15) is 13.2 Å². The summed E-state index contributed by atoms with van der Waals surface area (Å²) in [5, 5.41) is 8.62. The van der Waals surface area contributed by atoms with Crippen molar-refractivity contribution in [2.24, 2.45) is 0 Å². The maximum absolute atomic E-state index is 12.1. The van der Waals surface area contributed by atoms with Gasteiger partial charge in [0, 0.05) is 0 Å². The Morgan fingerprint density at radius 3 is 1.82 bits per heavy atom. The molecule has 0 saturated heterocycles. The quantitative estimate of drug-likeness (QED) is 0.898. The van der Waals surface area contributed by atoms with Crippen LogP contribution in [0.4, 0.5) is 13.2 Å². The molecule has 0 aliphatic heterocycles. The average Bonchev–Trinajstić information content (AvgIpc) is 2.30. The van der Waals surface area contributed by atoms with Crippen LogP contribution in [0.1, 0.15) is 19.4 Å². The van der Waals surface area contributed by atoms with Crippen LogP contribution < -0.4 is 0 Å². The minimum Gasteiger partial charge on any atom is -0.392 e. The Labute approximate surface area is 97.8 Å². The fourth-order valence-corrected chi connectivity index (χ4v) is 1.67. The van der Waals surface area contributed by atoms with E-state index in [1.54, 1.807) is 0 Å². The summed E-state index contributed by atoms with van der Waals surface area (Å²) in [4.78, 5) is -0.827. The molecule has 3 nitrogen and oxygen atoms in total. The molecule has 0 fully saturated rings. The van der Waals surface area contributed by atoms with Crippen molar-refractivity contribution in [3.63, 3.8) is 0 Å². The first-order valence-corrected chi connectivity index (χ1v) is 6.28. The number of rotatable bonds is 2. The molecule has 0 unspecified atom stereocenters. The summed E-state index contributed by atoms with van der Waals surface area (Å²) < 4.78 is 57.9. The van der Waals surface area contributed by atoms with Gasteiger partial charge >= 0.3 is 5.51 Å². The minimum atomic E-state index is -5.30. The standard InChI is InChI=1S/C8H7F3O3S.C2H6/c9-8(10,11)15(13,14)7-3-1-6(5-12)2-4-7;1-2/h1-4,12H,5H2;1-2H3. The van der Waals surface area contributed by atoms with Gasteiger partial charge in [-0.05, 0) is 17.7 Å². The van der Waals surface area contributed by atoms with Gasteiger partial charge in [0.1, 0.15) is 0 Å². The molecule has 1 aromatic carbocycles. The second-order valence-electron chi connectivity index (χ2n) is 2.75. The molecule has 0 bridgehead atoms. The Morgan fingerprint density at radius 2 is 1.53 bits per heavy atom. The van der Waals surface area contributed by atoms with E-state index in [0.717, 1.165) is 24.3 Å². The number of halogens is 3. The fourth-order valence-electron chi connectivity index (χ4n) is 0.908. The van der Waals surface area contributed by atoms with Crippen LogP contribution in [0.15, 0.2) is 29.2 Å². The molecule has 0 spiro atoms. The third-order valence-electron chi connectivity index (χ3n) is 1.72. The average molecular weight is 270 g/mol. The molecule has 1 N–H and O–H groups in total. The smallest absolute Gasteiger partial charge is 0.392 e. The Morgan fingerprint density at radius 1 is 1.12 bits per heavy atom. The van der Waals surface area contributed by atoms with Gasteiger partial charge in [-0.1, -0.05) is 26.0 Å². The molecule has 7 heteroatoms. The van der Waals surface area contributed by atoms with E-state index in [0.29, 0.717) is 5.56 Å². The monoisotopic (exact) mass is 270 g/mol. The van der Waals surface area contributed by atoms with Gasteiger partial charge in [-0.25, -0.2) is 8.42 Å². The molecule has 0 atom stereocenters. The van der Waals surface area contributed by atoms with Gasteiger partial charge in [-0.15, -0.1) is 0 Å². The van der Waals surface area contributed by atoms with Gasteiger partial charge in [0.05, 0.1) is 11.5 Å². The third kappa shape index (κ3) is 3.71. The summed E-state index contributed by atoms with van der Waals surface area (Å²) >= 11 is 0. The first-order chi connectivity index (χ1) is 7.79. The van der Waals surface area contributed by atoms with E-state index in [1.165, 1.54) is 0 Å². The van der Waals surface area contributed by atoms with Crippen molar-refractivity contribution in [2.45, 2.75) is 30.9 Å². The zero-order valence-corrected chi connectivity index (χ0v) is 10.1. The lowest BCUT2D eigenvalue weighted by Crippen LogP contribution is -2.23. The first-order valence-electron chi connectivity index (χ1n) is 4.80. The third-order valence-corrected chi connectivity index (χ3v) is 3.22. The van der Waals surface area contributed by atoms with Gasteiger partial charge in [0.25, 0.3) is 9.84 Å². The molecule has 1 aromatic rings. The highest BCUT2D eigenvalue weighted by atomic mass is 32.2. The van der Waals surface area contributed by atoms with Crippen molar-refractivity contribution < 1.29 is 26.7 Å². The molecular formula is C10H13F3O3S. The van der Waals surface area contributed by atoms with Gasteiger partial charge in [0.2, 0.25) is 0 Å². The van der Waals surface area contributed by atoms with E-state index in [1.807, 2.05) is 13.8 Å². The number of hydrogen-bond acceptors (Lipinski definition) is 3. The van der Waals surface area contributed by atoms with E-state index >= 15 is 0 Å². The lowest BCUT2D eigenvalue weighted by atomic mass is 10.2. The summed E-state index contributed by atoms with van der Waals surface area (Å²) in [6.45, 7) is 3.65. The predicted molar refractivity (Wildman–Crippen MR) is 57.0 cm³/mol. The maximum atomic E-state index is 12.1. The molecule has 0 heterocycles. The second-order valence-corrected chi connectivity index (χ2v) is 4.69. The van der Waals surface area contributed by atoms with Crippen LogP contribution in [0.3, 0.4) is 0 Å². The zero-order chi connectivity index (χ0) is 13.7. The Bertz CT molecular complexity index is 435. The molecule has 0 radical (unpaired) electrons. The SMILES string of the molecule is CC.O=S(=O)(c1ccc(CO)cc1)C(F)(F)F. The highest BCUT2D eigenvalue weighted by Crippen LogP contribution is 2.30. The molecule has 0 saturated carbocycles. The molecular weight excluding hydrogens is 257 g/mol. The predicted octanol–water partition coefficient (Wildman–Crippen LogP) is 2.50. The van der Waals surface area contributed by atoms with Crippen LogP contribution in [-0.4, -0.2) is 19.0 Å². The number of benzene rings is 1. The minimum absolute atomic E-state index is 0.344. The van der Waals surface area contributed by atoms with E-state index in [-0.39, 0.29) is 6.61 Å². The Hall–Kier alpha value is -1.08. The highest BCUT2D eigenvalue weighted by Gasteiger charge is 2.46. The maximum Gasteiger partial charge on any atom is 0.501 e. The summed E-state index contributed by atoms with van der Waals surface area (Å²) in [6.07, 6.45) is 0. The van der Waals surface area contributed by atoms with Crippen LogP contribution in [0.25, 0.3) is 0 Å². The molecule has 0 amide bonds. The van der Waals surface area contributed by atoms with E-state index < -0.39 is 20.2 Å². The molecule has 0 aliphatic carbocycles. The fraction of sp³-hybridized carbons (Fsp3) is 0.400. The van der Waals surface area contributed by atoms with Crippen LogP contribution >= 0.6 is 0 Å². The van der Waals surface area contributed by atoms with Crippen LogP contribution in [0, 0.1) is 0 Å². The molecule has 98 valence electrons. The van der Waals surface area contributed by atoms with Crippen LogP contribution in [0.2, 0.25) is 0 Å². The number of aliphatic hydroxyl groups excluding tert-OH is 1. The van der Waals surface area contributed by atoms with E-state index in [4.69, 9.17) is 5.11 Å². The molecule has 1 rings (SSSR count). The molecule has 17 heavy (non-hydrogen) atoms. The lowest BCUT2D eigenvalue weighted by Gasteiger charge is -2.07. The van der Waals surface area contributed by atoms with Crippen molar-refractivity contribution >= 4 is 9.84 Å². The van der Waals surface area contributed by atoms with Crippen LogP contribution in [0.5, 0.6) is 0 Å². The molecule has 0 aromatic heterocycles. The largest absolute Gasteiger partial charge is 0.501 e. The van der Waals surface area contributed by atoms with Crippen molar-refractivity contribution in [3.8, 4) is 0 Å². The van der Waals surface area contributed by atoms with Crippen molar-refractivity contribution in [1.82, 2.24) is 0 Å². The first kappa shape index (κ1) is 15.9. The van der Waals surface area contributed by atoms with Crippen molar-refractivity contribution in [2.75, 3.05) is 0 Å². The van der Waals surface area contributed by atoms with Crippen molar-refractivity contribution in [1.29, 1.82) is 0 Å². The topological polar surface area (TPSA) is 54.4 Å². The van der Waals surface area contributed by atoms with E-state index in [9.17, 15) is 21.6 Å². The highest BCUT2D eigenvalue weighted by molar-refractivity contribution is 7.92. The Balaban J connectivity index is 0.00000121. The lowest BCUT2D eigenvalue weighted by molar-refractivity contribution is -0.0436. The number of alkyl halides is 3. The Kier molecular flexibility index (Phi) is 5.63. The summed E-state index contributed by atoms with van der Waals surface area (Å²) in [5.41, 5.74) is -4.95. The summed E-state index contributed by atoms with van der Waals surface area (Å²) in [5.74, 6) is 0.